The predicted octanol–water partition coefficient (Wildman–Crippen LogP) is 0.256. The highest BCUT2D eigenvalue weighted by Gasteiger charge is 2.03. The van der Waals surface area contributed by atoms with Gasteiger partial charge in [-0.05, 0) is 31.2 Å². The third-order valence-corrected chi connectivity index (χ3v) is 2.27. The highest BCUT2D eigenvalue weighted by molar-refractivity contribution is 5.91. The molecule has 1 aromatic carbocycles. The number of amides is 1. The molecule has 5 nitrogen and oxygen atoms in total. The van der Waals surface area contributed by atoms with E-state index >= 15 is 0 Å². The largest absolute Gasteiger partial charge is 0.398 e. The van der Waals surface area contributed by atoms with Crippen LogP contribution in [0.25, 0.3) is 0 Å². The summed E-state index contributed by atoms with van der Waals surface area (Å²) >= 11 is 0. The van der Waals surface area contributed by atoms with E-state index in [1.165, 1.54) is 0 Å². The normalized spacial score (nSPS) is 9.44. The molecule has 0 saturated carbocycles. The minimum Gasteiger partial charge on any atom is -0.398 e. The van der Waals surface area contributed by atoms with Gasteiger partial charge in [0.05, 0.1) is 6.54 Å². The Balaban J connectivity index is 2.75. The van der Waals surface area contributed by atoms with Gasteiger partial charge in [0.1, 0.15) is 0 Å². The lowest BCUT2D eigenvalue weighted by atomic mass is 10.1. The van der Waals surface area contributed by atoms with Gasteiger partial charge in [0.15, 0.2) is 0 Å². The monoisotopic (exact) mass is 246 g/mol. The van der Waals surface area contributed by atoms with Gasteiger partial charge in [-0.1, -0.05) is 11.8 Å². The Kier molecular flexibility index (Phi) is 5.71. The van der Waals surface area contributed by atoms with Gasteiger partial charge in [0.25, 0.3) is 0 Å². The molecule has 1 amide bonds. The maximum atomic E-state index is 11.5. The van der Waals surface area contributed by atoms with Crippen LogP contribution in [0.5, 0.6) is 0 Å². The second kappa shape index (κ2) is 7.33. The topological polar surface area (TPSA) is 107 Å². The van der Waals surface area contributed by atoms with Crippen LogP contribution < -0.4 is 22.5 Å². The van der Waals surface area contributed by atoms with Crippen molar-refractivity contribution < 1.29 is 4.79 Å². The molecule has 0 saturated heterocycles. The summed E-state index contributed by atoms with van der Waals surface area (Å²) in [6.45, 7) is 0.773. The van der Waals surface area contributed by atoms with E-state index < -0.39 is 0 Å². The Bertz CT molecular complexity index is 474. The highest BCUT2D eigenvalue weighted by atomic mass is 16.1. The molecule has 96 valence electrons. The number of hydrogen-bond acceptors (Lipinski definition) is 4. The molecule has 1 aromatic rings. The van der Waals surface area contributed by atoms with Crippen molar-refractivity contribution in [3.05, 3.63) is 23.8 Å². The standard InChI is InChI=1S/C13H18N4O/c14-7-1-3-10-9-11(5-6-12(10)16)17-13(18)4-2-8-15/h5-6,9H,2,4,7-8,14-16H2,(H,17,18). The van der Waals surface area contributed by atoms with Crippen LogP contribution in [0.15, 0.2) is 18.2 Å². The lowest BCUT2D eigenvalue weighted by Gasteiger charge is -2.06. The van der Waals surface area contributed by atoms with Gasteiger partial charge in [-0.2, -0.15) is 0 Å². The average molecular weight is 246 g/mol. The van der Waals surface area contributed by atoms with Crippen LogP contribution >= 0.6 is 0 Å². The first-order valence-electron chi connectivity index (χ1n) is 5.75. The molecule has 0 fully saturated rings. The van der Waals surface area contributed by atoms with E-state index in [0.717, 1.165) is 0 Å². The Morgan fingerprint density at radius 3 is 2.78 bits per heavy atom. The van der Waals surface area contributed by atoms with E-state index in [1.807, 2.05) is 0 Å². The number of benzene rings is 1. The maximum Gasteiger partial charge on any atom is 0.224 e. The molecule has 18 heavy (non-hydrogen) atoms. The molecule has 0 atom stereocenters. The summed E-state index contributed by atoms with van der Waals surface area (Å²) in [6, 6.07) is 5.18. The molecular formula is C13H18N4O. The third kappa shape index (κ3) is 4.45. The van der Waals surface area contributed by atoms with Gasteiger partial charge < -0.3 is 22.5 Å². The third-order valence-electron chi connectivity index (χ3n) is 2.27. The number of nitrogens with one attached hydrogen (secondary N) is 1. The first kappa shape index (κ1) is 14.0. The summed E-state index contributed by atoms with van der Waals surface area (Å²) in [7, 11) is 0. The quantitative estimate of drug-likeness (QED) is 0.451. The van der Waals surface area contributed by atoms with Crippen molar-refractivity contribution in [1.82, 2.24) is 0 Å². The van der Waals surface area contributed by atoms with Crippen LogP contribution in [0.1, 0.15) is 18.4 Å². The first-order chi connectivity index (χ1) is 8.67. The minimum atomic E-state index is -0.0667. The van der Waals surface area contributed by atoms with E-state index in [4.69, 9.17) is 17.2 Å². The fourth-order valence-corrected chi connectivity index (χ4v) is 1.37. The highest BCUT2D eigenvalue weighted by Crippen LogP contribution is 2.17. The summed E-state index contributed by atoms with van der Waals surface area (Å²) in [5.74, 6) is 5.52. The molecule has 0 unspecified atom stereocenters. The van der Waals surface area contributed by atoms with Gasteiger partial charge >= 0.3 is 0 Å². The molecule has 0 radical (unpaired) electrons. The Hall–Kier alpha value is -2.03. The number of hydrogen-bond donors (Lipinski definition) is 4. The lowest BCUT2D eigenvalue weighted by Crippen LogP contribution is -2.13. The van der Waals surface area contributed by atoms with Crippen molar-refractivity contribution in [2.75, 3.05) is 24.1 Å². The SMILES string of the molecule is NCC#Cc1cc(NC(=O)CCCN)ccc1N. The molecule has 0 bridgehead atoms. The second-order valence-electron chi connectivity index (χ2n) is 3.75. The predicted molar refractivity (Wildman–Crippen MR) is 73.7 cm³/mol. The fraction of sp³-hybridized carbons (Fsp3) is 0.308. The van der Waals surface area contributed by atoms with Crippen molar-refractivity contribution >= 4 is 17.3 Å². The van der Waals surface area contributed by atoms with Crippen LogP contribution in [0.3, 0.4) is 0 Å². The smallest absolute Gasteiger partial charge is 0.224 e. The number of nitrogen functional groups attached to an aromatic ring is 1. The number of carbonyl (C=O) groups excluding carboxylic acids is 1. The van der Waals surface area contributed by atoms with E-state index in [1.54, 1.807) is 18.2 Å². The Morgan fingerprint density at radius 1 is 1.33 bits per heavy atom. The fourth-order valence-electron chi connectivity index (χ4n) is 1.37. The van der Waals surface area contributed by atoms with Crippen molar-refractivity contribution in [2.45, 2.75) is 12.8 Å². The molecule has 0 aliphatic heterocycles. The summed E-state index contributed by atoms with van der Waals surface area (Å²) in [5, 5.41) is 2.77. The van der Waals surface area contributed by atoms with E-state index in [0.29, 0.717) is 36.3 Å². The van der Waals surface area contributed by atoms with E-state index in [2.05, 4.69) is 17.2 Å². The van der Waals surface area contributed by atoms with Crippen molar-refractivity contribution in [3.63, 3.8) is 0 Å². The molecule has 5 heteroatoms. The Labute approximate surface area is 107 Å². The van der Waals surface area contributed by atoms with Crippen LogP contribution in [-0.4, -0.2) is 19.0 Å². The first-order valence-corrected chi connectivity index (χ1v) is 5.75. The molecule has 0 aliphatic carbocycles. The Morgan fingerprint density at radius 2 is 2.11 bits per heavy atom. The van der Waals surface area contributed by atoms with Crippen LogP contribution in [0.2, 0.25) is 0 Å². The summed E-state index contributed by atoms with van der Waals surface area (Å²) in [4.78, 5) is 11.5. The zero-order valence-corrected chi connectivity index (χ0v) is 10.2. The number of anilines is 2. The number of nitrogens with two attached hydrogens (primary N) is 3. The van der Waals surface area contributed by atoms with Gasteiger partial charge in [-0.15, -0.1) is 0 Å². The molecular weight excluding hydrogens is 228 g/mol. The zero-order chi connectivity index (χ0) is 13.4. The van der Waals surface area contributed by atoms with Crippen LogP contribution in [-0.2, 0) is 4.79 Å². The average Bonchev–Trinajstić information content (AvgIpc) is 2.37. The molecule has 0 spiro atoms. The molecule has 0 aromatic heterocycles. The van der Waals surface area contributed by atoms with Crippen molar-refractivity contribution in [2.24, 2.45) is 11.5 Å². The van der Waals surface area contributed by atoms with Crippen LogP contribution in [0, 0.1) is 11.8 Å². The number of rotatable bonds is 4. The van der Waals surface area contributed by atoms with Crippen molar-refractivity contribution in [1.29, 1.82) is 0 Å². The summed E-state index contributed by atoms with van der Waals surface area (Å²) < 4.78 is 0. The number of carbonyl (C=O) groups is 1. The van der Waals surface area contributed by atoms with Crippen molar-refractivity contribution in [3.8, 4) is 11.8 Å². The zero-order valence-electron chi connectivity index (χ0n) is 10.2. The molecule has 7 N–H and O–H groups in total. The maximum absolute atomic E-state index is 11.5. The summed E-state index contributed by atoms with van der Waals surface area (Å²) in [5.41, 5.74) is 18.3. The van der Waals surface area contributed by atoms with E-state index in [9.17, 15) is 4.79 Å². The van der Waals surface area contributed by atoms with Crippen LogP contribution in [0.4, 0.5) is 11.4 Å². The van der Waals surface area contributed by atoms with Gasteiger partial charge in [0, 0.05) is 23.4 Å². The van der Waals surface area contributed by atoms with Gasteiger partial charge in [-0.3, -0.25) is 4.79 Å². The second-order valence-corrected chi connectivity index (χ2v) is 3.75. The lowest BCUT2D eigenvalue weighted by molar-refractivity contribution is -0.116. The minimum absolute atomic E-state index is 0.0667. The molecule has 0 aliphatic rings. The van der Waals surface area contributed by atoms with E-state index in [-0.39, 0.29) is 12.5 Å². The molecule has 1 rings (SSSR count). The summed E-state index contributed by atoms with van der Waals surface area (Å²) in [6.07, 6.45) is 1.07. The molecule has 0 heterocycles. The van der Waals surface area contributed by atoms with Gasteiger partial charge in [0.2, 0.25) is 5.91 Å². The van der Waals surface area contributed by atoms with Gasteiger partial charge in [-0.25, -0.2) is 0 Å².